The van der Waals surface area contributed by atoms with Crippen molar-refractivity contribution in [1.29, 1.82) is 0 Å². The number of thiophene rings is 1. The Labute approximate surface area is 323 Å². The van der Waals surface area contributed by atoms with Gasteiger partial charge in [-0.25, -0.2) is 0 Å². The molecule has 0 atom stereocenters. The van der Waals surface area contributed by atoms with Crippen LogP contribution in [0.25, 0.3) is 80.7 Å². The maximum atomic E-state index is 2.44. The van der Waals surface area contributed by atoms with E-state index in [2.05, 4.69) is 216 Å². The Hall–Kier alpha value is -6.94. The third kappa shape index (κ3) is 5.24. The summed E-state index contributed by atoms with van der Waals surface area (Å²) in [5.74, 6) is 0. The zero-order chi connectivity index (χ0) is 36.3. The zero-order valence-electron chi connectivity index (χ0n) is 29.9. The summed E-state index contributed by atoms with van der Waals surface area (Å²) < 4.78 is 5.03. The van der Waals surface area contributed by atoms with Crippen molar-refractivity contribution in [1.82, 2.24) is 4.57 Å². The predicted molar refractivity (Wildman–Crippen MR) is 237 cm³/mol. The first kappa shape index (κ1) is 31.6. The van der Waals surface area contributed by atoms with Crippen molar-refractivity contribution in [3.05, 3.63) is 206 Å². The first-order valence-corrected chi connectivity index (χ1v) is 19.6. The van der Waals surface area contributed by atoms with Crippen LogP contribution in [0.5, 0.6) is 0 Å². The molecule has 0 bridgehead atoms. The average Bonchev–Trinajstić information content (AvgIpc) is 3.81. The van der Waals surface area contributed by atoms with Crippen LogP contribution in [0.2, 0.25) is 0 Å². The fourth-order valence-corrected chi connectivity index (χ4v) is 9.54. The molecule has 0 radical (unpaired) electrons. The lowest BCUT2D eigenvalue weighted by Crippen LogP contribution is -2.10. The summed E-state index contributed by atoms with van der Waals surface area (Å²) in [6.45, 7) is 0. The minimum atomic E-state index is 1.12. The molecule has 3 heteroatoms. The summed E-state index contributed by atoms with van der Waals surface area (Å²) in [6, 6.07) is 75.1. The summed E-state index contributed by atoms with van der Waals surface area (Å²) in [4.78, 5) is 2.42. The first-order chi connectivity index (χ1) is 27.3. The van der Waals surface area contributed by atoms with Crippen LogP contribution in [-0.2, 0) is 0 Å². The highest BCUT2D eigenvalue weighted by Gasteiger charge is 2.20. The highest BCUT2D eigenvalue weighted by molar-refractivity contribution is 7.26. The minimum absolute atomic E-state index is 1.12. The van der Waals surface area contributed by atoms with E-state index in [0.29, 0.717) is 0 Å². The average molecular weight is 719 g/mol. The molecule has 0 aliphatic rings. The molecule has 11 rings (SSSR count). The van der Waals surface area contributed by atoms with Gasteiger partial charge in [0.05, 0.1) is 16.7 Å². The number of aromatic nitrogens is 1. The molecule has 11 aromatic rings. The third-order valence-electron chi connectivity index (χ3n) is 11.0. The van der Waals surface area contributed by atoms with Gasteiger partial charge in [-0.1, -0.05) is 146 Å². The molecule has 2 nitrogen and oxygen atoms in total. The fraction of sp³-hybridized carbons (Fsp3) is 0. The number of benzene rings is 9. The zero-order valence-corrected chi connectivity index (χ0v) is 30.7. The highest BCUT2D eigenvalue weighted by atomic mass is 32.1. The molecule has 0 unspecified atom stereocenters. The molecule has 258 valence electrons. The van der Waals surface area contributed by atoms with Crippen LogP contribution in [0.4, 0.5) is 17.1 Å². The van der Waals surface area contributed by atoms with E-state index >= 15 is 0 Å². The molecule has 0 saturated carbocycles. The Kier molecular flexibility index (Phi) is 7.39. The molecular weight excluding hydrogens is 685 g/mol. The molecule has 0 spiro atoms. The lowest BCUT2D eigenvalue weighted by molar-refractivity contribution is 1.19. The molecule has 0 fully saturated rings. The van der Waals surface area contributed by atoms with Crippen molar-refractivity contribution in [2.45, 2.75) is 0 Å². The van der Waals surface area contributed by atoms with Crippen LogP contribution in [0.15, 0.2) is 206 Å². The van der Waals surface area contributed by atoms with Crippen LogP contribution >= 0.6 is 11.3 Å². The predicted octanol–water partition coefficient (Wildman–Crippen LogP) is 15.1. The van der Waals surface area contributed by atoms with E-state index < -0.39 is 0 Å². The van der Waals surface area contributed by atoms with Crippen LogP contribution < -0.4 is 4.90 Å². The van der Waals surface area contributed by atoms with Gasteiger partial charge >= 0.3 is 0 Å². The number of anilines is 3. The number of fused-ring (bicyclic) bond motifs is 8. The fourth-order valence-electron chi connectivity index (χ4n) is 8.41. The monoisotopic (exact) mass is 718 g/mol. The molecule has 0 aliphatic carbocycles. The van der Waals surface area contributed by atoms with Gasteiger partial charge in [0, 0.05) is 53.4 Å². The van der Waals surface area contributed by atoms with Crippen molar-refractivity contribution in [2.24, 2.45) is 0 Å². The lowest BCUT2D eigenvalue weighted by Gasteiger charge is -2.27. The summed E-state index contributed by atoms with van der Waals surface area (Å²) >= 11 is 1.86. The summed E-state index contributed by atoms with van der Waals surface area (Å²) in [6.07, 6.45) is 0. The van der Waals surface area contributed by atoms with Crippen LogP contribution in [0, 0.1) is 0 Å². The van der Waals surface area contributed by atoms with Crippen LogP contribution in [0.1, 0.15) is 0 Å². The van der Waals surface area contributed by atoms with Gasteiger partial charge in [-0.2, -0.15) is 0 Å². The number of hydrogen-bond donors (Lipinski definition) is 0. The largest absolute Gasteiger partial charge is 0.310 e. The Morgan fingerprint density at radius 2 is 0.964 bits per heavy atom. The van der Waals surface area contributed by atoms with Gasteiger partial charge in [0.15, 0.2) is 0 Å². The van der Waals surface area contributed by atoms with E-state index in [1.54, 1.807) is 0 Å². The molecule has 0 amide bonds. The normalized spacial score (nSPS) is 11.6. The van der Waals surface area contributed by atoms with Gasteiger partial charge < -0.3 is 9.47 Å². The molecule has 0 aliphatic heterocycles. The second kappa shape index (κ2) is 12.9. The van der Waals surface area contributed by atoms with Gasteiger partial charge in [0.25, 0.3) is 0 Å². The molecule has 0 saturated heterocycles. The molecule has 55 heavy (non-hydrogen) atoms. The smallest absolute Gasteiger partial charge is 0.0619 e. The Morgan fingerprint density at radius 1 is 0.382 bits per heavy atom. The van der Waals surface area contributed by atoms with E-state index in [-0.39, 0.29) is 0 Å². The number of hydrogen-bond acceptors (Lipinski definition) is 2. The maximum absolute atomic E-state index is 2.44. The SMILES string of the molecule is c1ccc(-c2ccc(N(c3ccc(-c4ccc5c6ccc7ccccc7c6n(-c6ccccc6)c5c4)cc3)c3cccc4sc5ccccc5c34)cc2)cc1. The van der Waals surface area contributed by atoms with Crippen molar-refractivity contribution in [3.63, 3.8) is 0 Å². The number of rotatable bonds is 6. The van der Waals surface area contributed by atoms with E-state index in [0.717, 1.165) is 17.1 Å². The quantitative estimate of drug-likeness (QED) is 0.166. The third-order valence-corrected chi connectivity index (χ3v) is 12.1. The second-order valence-corrected chi connectivity index (χ2v) is 15.2. The summed E-state index contributed by atoms with van der Waals surface area (Å²) in [7, 11) is 0. The molecule has 0 N–H and O–H groups in total. The maximum Gasteiger partial charge on any atom is 0.0619 e. The van der Waals surface area contributed by atoms with Gasteiger partial charge in [0.1, 0.15) is 0 Å². The summed E-state index contributed by atoms with van der Waals surface area (Å²) in [5.41, 5.74) is 11.8. The van der Waals surface area contributed by atoms with Gasteiger partial charge in [-0.15, -0.1) is 11.3 Å². The van der Waals surface area contributed by atoms with Crippen LogP contribution in [-0.4, -0.2) is 4.57 Å². The van der Waals surface area contributed by atoms with Gasteiger partial charge in [-0.3, -0.25) is 0 Å². The van der Waals surface area contributed by atoms with Crippen LogP contribution in [0.3, 0.4) is 0 Å². The van der Waals surface area contributed by atoms with Crippen molar-refractivity contribution in [2.75, 3.05) is 4.90 Å². The number of nitrogens with zero attached hydrogens (tertiary/aromatic N) is 2. The Bertz CT molecular complexity index is 3180. The van der Waals surface area contributed by atoms with Crippen molar-refractivity contribution < 1.29 is 0 Å². The van der Waals surface area contributed by atoms with E-state index in [4.69, 9.17) is 0 Å². The topological polar surface area (TPSA) is 8.17 Å². The Morgan fingerprint density at radius 3 is 1.73 bits per heavy atom. The van der Waals surface area contributed by atoms with E-state index in [9.17, 15) is 0 Å². The molecular formula is C52H34N2S. The highest BCUT2D eigenvalue weighted by Crippen LogP contribution is 2.45. The standard InChI is InChI=1S/C52H34N2S/c1-3-12-35(13-4-1)36-22-28-41(29-23-36)53(47-19-11-21-50-51(47)46-18-9-10-20-49(46)55-50)42-30-24-37(25-31-42)39-27-32-44-45-33-26-38-14-7-8-17-43(38)52(45)54(48(44)34-39)40-15-5-2-6-16-40/h1-34H. The molecule has 2 aromatic heterocycles. The van der Waals surface area contributed by atoms with Gasteiger partial charge in [-0.05, 0) is 88.3 Å². The Balaban J connectivity index is 1.06. The number of para-hydroxylation sites is 1. The second-order valence-electron chi connectivity index (χ2n) is 14.1. The van der Waals surface area contributed by atoms with Gasteiger partial charge in [0.2, 0.25) is 0 Å². The van der Waals surface area contributed by atoms with Crippen molar-refractivity contribution in [3.8, 4) is 27.9 Å². The van der Waals surface area contributed by atoms with Crippen molar-refractivity contribution >= 4 is 81.1 Å². The molecule has 2 heterocycles. The minimum Gasteiger partial charge on any atom is -0.310 e. The van der Waals surface area contributed by atoms with E-state index in [1.165, 1.54) is 80.7 Å². The lowest BCUT2D eigenvalue weighted by atomic mass is 10.0. The van der Waals surface area contributed by atoms with E-state index in [1.807, 2.05) is 11.3 Å². The molecule has 9 aromatic carbocycles. The first-order valence-electron chi connectivity index (χ1n) is 18.8. The summed E-state index contributed by atoms with van der Waals surface area (Å²) in [5, 5.41) is 7.60.